The van der Waals surface area contributed by atoms with Gasteiger partial charge in [0.05, 0.1) is 0 Å². The molecule has 0 aliphatic heterocycles. The highest BCUT2D eigenvalue weighted by Crippen LogP contribution is 2.01. The van der Waals surface area contributed by atoms with Gasteiger partial charge in [-0.15, -0.1) is 0 Å². The van der Waals surface area contributed by atoms with Crippen LogP contribution in [0.1, 0.15) is 25.0 Å². The van der Waals surface area contributed by atoms with Crippen LogP contribution in [0.3, 0.4) is 0 Å². The Morgan fingerprint density at radius 1 is 1.08 bits per heavy atom. The Hall–Kier alpha value is -1.22. The highest BCUT2D eigenvalue weighted by atomic mass is 13.9. The van der Waals surface area contributed by atoms with E-state index in [0.717, 1.165) is 5.56 Å². The second kappa shape index (κ2) is 3.97. The van der Waals surface area contributed by atoms with Crippen LogP contribution >= 0.6 is 0 Å². The first kappa shape index (κ1) is 8.87. The van der Waals surface area contributed by atoms with Crippen molar-refractivity contribution in [3.8, 4) is 11.8 Å². The van der Waals surface area contributed by atoms with Gasteiger partial charge in [0.2, 0.25) is 0 Å². The molecule has 0 spiro atoms. The summed E-state index contributed by atoms with van der Waals surface area (Å²) in [4.78, 5) is 0. The Kier molecular flexibility index (Phi) is 2.94. The first-order valence-corrected chi connectivity index (χ1v) is 4.26. The molecular formula is C12H14. The monoisotopic (exact) mass is 158 g/mol. The summed E-state index contributed by atoms with van der Waals surface area (Å²) < 4.78 is 0. The maximum absolute atomic E-state index is 3.13. The standard InChI is InChI=1S/C12H14/c1-10(2)4-7-12-8-5-11(3)6-9-12/h5-6,8-10H,1-3H3. The van der Waals surface area contributed by atoms with E-state index in [-0.39, 0.29) is 0 Å². The SMILES string of the molecule is Cc1ccc(C#CC(C)C)cc1. The molecule has 1 aromatic carbocycles. The summed E-state index contributed by atoms with van der Waals surface area (Å²) in [6, 6.07) is 8.30. The number of hydrogen-bond acceptors (Lipinski definition) is 0. The van der Waals surface area contributed by atoms with Crippen molar-refractivity contribution >= 4 is 0 Å². The van der Waals surface area contributed by atoms with E-state index in [9.17, 15) is 0 Å². The molecule has 12 heavy (non-hydrogen) atoms. The van der Waals surface area contributed by atoms with Crippen LogP contribution in [0.25, 0.3) is 0 Å². The van der Waals surface area contributed by atoms with Crippen molar-refractivity contribution < 1.29 is 0 Å². The van der Waals surface area contributed by atoms with Gasteiger partial charge in [-0.3, -0.25) is 0 Å². The van der Waals surface area contributed by atoms with Crippen molar-refractivity contribution in [1.82, 2.24) is 0 Å². The Bertz CT molecular complexity index is 293. The molecule has 0 aliphatic rings. The molecule has 1 rings (SSSR count). The number of hydrogen-bond donors (Lipinski definition) is 0. The molecule has 0 aliphatic carbocycles. The molecule has 0 N–H and O–H groups in total. The number of benzene rings is 1. The zero-order valence-corrected chi connectivity index (χ0v) is 7.89. The summed E-state index contributed by atoms with van der Waals surface area (Å²) in [7, 11) is 0. The van der Waals surface area contributed by atoms with Crippen LogP contribution in [-0.2, 0) is 0 Å². The zero-order chi connectivity index (χ0) is 8.97. The van der Waals surface area contributed by atoms with Crippen molar-refractivity contribution in [1.29, 1.82) is 0 Å². The largest absolute Gasteiger partial charge is 0.0951 e. The third kappa shape index (κ3) is 2.80. The normalized spacial score (nSPS) is 9.33. The van der Waals surface area contributed by atoms with Crippen LogP contribution in [0.15, 0.2) is 24.3 Å². The summed E-state index contributed by atoms with van der Waals surface area (Å²) >= 11 is 0. The summed E-state index contributed by atoms with van der Waals surface area (Å²) in [6.07, 6.45) is 0. The molecule has 1 aromatic rings. The fourth-order valence-electron chi connectivity index (χ4n) is 0.865. The maximum atomic E-state index is 3.13. The molecule has 0 saturated heterocycles. The van der Waals surface area contributed by atoms with Crippen molar-refractivity contribution in [3.05, 3.63) is 35.4 Å². The van der Waals surface area contributed by atoms with Gasteiger partial charge in [-0.1, -0.05) is 43.4 Å². The van der Waals surface area contributed by atoms with Crippen LogP contribution in [0.4, 0.5) is 0 Å². The van der Waals surface area contributed by atoms with E-state index in [1.165, 1.54) is 5.56 Å². The lowest BCUT2D eigenvalue weighted by atomic mass is 10.1. The Labute approximate surface area is 74.6 Å². The van der Waals surface area contributed by atoms with Gasteiger partial charge in [0.15, 0.2) is 0 Å². The second-order valence-corrected chi connectivity index (χ2v) is 3.29. The van der Waals surface area contributed by atoms with E-state index in [2.05, 4.69) is 56.9 Å². The molecule has 0 aromatic heterocycles. The van der Waals surface area contributed by atoms with Gasteiger partial charge in [0.1, 0.15) is 0 Å². The molecule has 0 heterocycles. The van der Waals surface area contributed by atoms with Crippen LogP contribution in [0.5, 0.6) is 0 Å². The van der Waals surface area contributed by atoms with Gasteiger partial charge in [-0.05, 0) is 19.1 Å². The molecule has 0 amide bonds. The summed E-state index contributed by atoms with van der Waals surface area (Å²) in [5.74, 6) is 6.70. The van der Waals surface area contributed by atoms with Gasteiger partial charge in [-0.2, -0.15) is 0 Å². The average molecular weight is 158 g/mol. The van der Waals surface area contributed by atoms with E-state index in [4.69, 9.17) is 0 Å². The van der Waals surface area contributed by atoms with Gasteiger partial charge in [0, 0.05) is 11.5 Å². The van der Waals surface area contributed by atoms with E-state index < -0.39 is 0 Å². The minimum absolute atomic E-state index is 0.450. The Balaban J connectivity index is 2.79. The average Bonchev–Trinajstić information content (AvgIpc) is 2.03. The summed E-state index contributed by atoms with van der Waals surface area (Å²) in [5.41, 5.74) is 2.39. The fourth-order valence-corrected chi connectivity index (χ4v) is 0.865. The Morgan fingerprint density at radius 2 is 1.67 bits per heavy atom. The van der Waals surface area contributed by atoms with Crippen LogP contribution in [0.2, 0.25) is 0 Å². The van der Waals surface area contributed by atoms with Gasteiger partial charge in [0.25, 0.3) is 0 Å². The Morgan fingerprint density at radius 3 is 2.17 bits per heavy atom. The van der Waals surface area contributed by atoms with E-state index in [1.54, 1.807) is 0 Å². The van der Waals surface area contributed by atoms with Crippen LogP contribution in [0, 0.1) is 24.7 Å². The maximum Gasteiger partial charge on any atom is 0.0245 e. The van der Waals surface area contributed by atoms with Crippen molar-refractivity contribution in [2.45, 2.75) is 20.8 Å². The van der Waals surface area contributed by atoms with E-state index in [1.807, 2.05) is 0 Å². The molecule has 62 valence electrons. The molecule has 0 heteroatoms. The highest BCUT2D eigenvalue weighted by molar-refractivity contribution is 5.35. The molecule has 0 saturated carbocycles. The lowest BCUT2D eigenvalue weighted by molar-refractivity contribution is 0.866. The van der Waals surface area contributed by atoms with E-state index >= 15 is 0 Å². The summed E-state index contributed by atoms with van der Waals surface area (Å²) in [6.45, 7) is 6.28. The van der Waals surface area contributed by atoms with Gasteiger partial charge >= 0.3 is 0 Å². The minimum atomic E-state index is 0.450. The van der Waals surface area contributed by atoms with Crippen molar-refractivity contribution in [2.75, 3.05) is 0 Å². The second-order valence-electron chi connectivity index (χ2n) is 3.29. The molecule has 0 fully saturated rings. The topological polar surface area (TPSA) is 0 Å². The first-order valence-electron chi connectivity index (χ1n) is 4.26. The predicted molar refractivity (Wildman–Crippen MR) is 52.9 cm³/mol. The van der Waals surface area contributed by atoms with Gasteiger partial charge < -0.3 is 0 Å². The predicted octanol–water partition coefficient (Wildman–Crippen LogP) is 3.00. The molecule has 0 unspecified atom stereocenters. The molecule has 0 bridgehead atoms. The quantitative estimate of drug-likeness (QED) is 0.509. The van der Waals surface area contributed by atoms with Crippen LogP contribution in [-0.4, -0.2) is 0 Å². The lowest BCUT2D eigenvalue weighted by Crippen LogP contribution is -1.79. The highest BCUT2D eigenvalue weighted by Gasteiger charge is 1.86. The summed E-state index contributed by atoms with van der Waals surface area (Å²) in [5, 5.41) is 0. The van der Waals surface area contributed by atoms with Crippen molar-refractivity contribution in [2.24, 2.45) is 5.92 Å². The molecule has 0 atom stereocenters. The molecular weight excluding hydrogens is 144 g/mol. The number of aryl methyl sites for hydroxylation is 1. The first-order chi connectivity index (χ1) is 5.68. The third-order valence-electron chi connectivity index (χ3n) is 1.56. The van der Waals surface area contributed by atoms with Gasteiger partial charge in [-0.25, -0.2) is 0 Å². The molecule has 0 radical (unpaired) electrons. The minimum Gasteiger partial charge on any atom is -0.0951 e. The number of rotatable bonds is 0. The zero-order valence-electron chi connectivity index (χ0n) is 7.89. The smallest absolute Gasteiger partial charge is 0.0245 e. The third-order valence-corrected chi connectivity index (χ3v) is 1.56. The van der Waals surface area contributed by atoms with Crippen molar-refractivity contribution in [3.63, 3.8) is 0 Å². The van der Waals surface area contributed by atoms with Crippen LogP contribution < -0.4 is 0 Å². The van der Waals surface area contributed by atoms with E-state index in [0.29, 0.717) is 5.92 Å². The fraction of sp³-hybridized carbons (Fsp3) is 0.333. The molecule has 0 nitrogen and oxygen atoms in total. The lowest BCUT2D eigenvalue weighted by Gasteiger charge is -1.92.